The van der Waals surface area contributed by atoms with E-state index in [2.05, 4.69) is 128 Å². The van der Waals surface area contributed by atoms with E-state index in [4.69, 9.17) is 18.3 Å². The van der Waals surface area contributed by atoms with Crippen molar-refractivity contribution in [3.8, 4) is 22.8 Å². The molecule has 2 amide bonds. The third-order valence-corrected chi connectivity index (χ3v) is 23.4. The average Bonchev–Trinajstić information content (AvgIpc) is 3.89. The van der Waals surface area contributed by atoms with Gasteiger partial charge in [-0.3, -0.25) is 9.59 Å². The molecule has 9 rings (SSSR count). The number of amides is 2. The predicted molar refractivity (Wildman–Crippen MR) is 322 cm³/mol. The maximum absolute atomic E-state index is 14.1. The zero-order valence-electron chi connectivity index (χ0n) is 48.6. The van der Waals surface area contributed by atoms with Crippen LogP contribution in [0.15, 0.2) is 100 Å². The fourth-order valence-electron chi connectivity index (χ4n) is 12.6. The quantitative estimate of drug-likeness (QED) is 0.103. The van der Waals surface area contributed by atoms with Gasteiger partial charge in [0.15, 0.2) is 20.0 Å². The minimum atomic E-state index is -1.80. The number of nitrogens with zero attached hydrogens (tertiary/aromatic N) is 3. The normalized spacial score (nSPS) is 23.8. The topological polar surface area (TPSA) is 115 Å². The van der Waals surface area contributed by atoms with Crippen LogP contribution in [0, 0.1) is 44.4 Å². The zero-order chi connectivity index (χ0) is 55.7. The number of aliphatic hydroxyl groups excluding tert-OH is 1. The lowest BCUT2D eigenvalue weighted by atomic mass is 9.78. The molecule has 4 saturated carbocycles. The fraction of sp³-hybridized carbons (Fsp3) is 0.561. The van der Waals surface area contributed by atoms with Crippen LogP contribution in [0.4, 0.5) is 11.4 Å². The van der Waals surface area contributed by atoms with Crippen molar-refractivity contribution >= 4 is 47.4 Å². The van der Waals surface area contributed by atoms with E-state index in [-0.39, 0.29) is 28.9 Å². The summed E-state index contributed by atoms with van der Waals surface area (Å²) < 4.78 is 24.4. The molecule has 4 fully saturated rings. The number of aryl methyl sites for hydroxylation is 3. The van der Waals surface area contributed by atoms with Gasteiger partial charge in [-0.15, -0.1) is 0 Å². The average molecular weight is 1150 g/mol. The summed E-state index contributed by atoms with van der Waals surface area (Å²) in [5.41, 5.74) is 8.08. The standard InChI is InChI=1S/C34H50BrNO3Si.C32H40N2O4/c1-24-21-28(17-20-32(24)38-5)26-13-11-25(12-14-26)23-36(30-10-8-9-29(35)22-30)33(37)27-15-18-31(19-16-27)39-40(6,7)34(2,3)4;1-21-17-26(13-16-30(21)37-3)24-9-7-23(8-10-24)20-34(32(36)25-11-14-29(35)15-12-25)28-6-4-5-27(18-28)31-19-33-22(2)38-31/h8-10,17,20-22,25-27,31H,11-16,18-19,23H2,1-7H3;4-6,13,16-19,23-25,29,35H,7-12,14-15,20H2,1-3H3. The molecule has 4 aliphatic carbocycles. The lowest BCUT2D eigenvalue weighted by Crippen LogP contribution is -2.46. The van der Waals surface area contributed by atoms with Gasteiger partial charge in [-0.2, -0.15) is 0 Å². The van der Waals surface area contributed by atoms with Gasteiger partial charge in [-0.1, -0.05) is 79.2 Å². The highest BCUT2D eigenvalue weighted by Crippen LogP contribution is 2.43. The van der Waals surface area contributed by atoms with Crippen molar-refractivity contribution in [3.63, 3.8) is 0 Å². The van der Waals surface area contributed by atoms with Crippen LogP contribution in [0.25, 0.3) is 11.3 Å². The van der Waals surface area contributed by atoms with Gasteiger partial charge in [0.2, 0.25) is 11.8 Å². The van der Waals surface area contributed by atoms with E-state index in [1.165, 1.54) is 35.1 Å². The van der Waals surface area contributed by atoms with E-state index < -0.39 is 8.32 Å². The fourth-order valence-corrected chi connectivity index (χ4v) is 14.4. The molecule has 0 unspecified atom stereocenters. The number of aliphatic hydroxyl groups is 1. The van der Waals surface area contributed by atoms with Crippen LogP contribution in [0.3, 0.4) is 0 Å². The molecule has 1 N–H and O–H groups in total. The molecule has 0 radical (unpaired) electrons. The van der Waals surface area contributed by atoms with Crippen LogP contribution in [-0.4, -0.2) is 69.7 Å². The van der Waals surface area contributed by atoms with Crippen LogP contribution in [-0.2, 0) is 14.0 Å². The number of ether oxygens (including phenoxy) is 2. The second-order valence-electron chi connectivity index (χ2n) is 24.9. The Morgan fingerprint density at radius 2 is 1.12 bits per heavy atom. The monoisotopic (exact) mass is 1140 g/mol. The first-order valence-corrected chi connectivity index (χ1v) is 33.0. The molecule has 0 saturated heterocycles. The van der Waals surface area contributed by atoms with Crippen molar-refractivity contribution < 1.29 is 33.0 Å². The SMILES string of the molecule is COc1ccc(C2CCC(CN(C(=O)C3CCC(O)CC3)c3cccc(-c4cnc(C)o4)c3)CC2)cc1C.COc1ccc(C2CCC(CN(C(=O)C3CCC(O[Si](C)(C)C(C)(C)C)CC3)c3cccc(Br)c3)CC2)cc1C. The molecule has 10 nitrogen and oxygen atoms in total. The first-order chi connectivity index (χ1) is 37.3. The first kappa shape index (κ1) is 59.4. The lowest BCUT2D eigenvalue weighted by Gasteiger charge is -2.41. The Morgan fingerprint density at radius 3 is 1.55 bits per heavy atom. The summed E-state index contributed by atoms with van der Waals surface area (Å²) >= 11 is 3.64. The molecule has 4 aromatic carbocycles. The molecule has 422 valence electrons. The van der Waals surface area contributed by atoms with Crippen molar-refractivity contribution in [2.75, 3.05) is 37.1 Å². The molecule has 78 heavy (non-hydrogen) atoms. The molecular weight excluding hydrogens is 1050 g/mol. The van der Waals surface area contributed by atoms with Gasteiger partial charge in [0.05, 0.1) is 26.5 Å². The summed E-state index contributed by atoms with van der Waals surface area (Å²) in [6.45, 7) is 19.2. The summed E-state index contributed by atoms with van der Waals surface area (Å²) in [6, 6.07) is 29.6. The van der Waals surface area contributed by atoms with Gasteiger partial charge >= 0.3 is 0 Å². The summed E-state index contributed by atoms with van der Waals surface area (Å²) in [5, 5.41) is 10.2. The smallest absolute Gasteiger partial charge is 0.230 e. The highest BCUT2D eigenvalue weighted by atomic mass is 79.9. The lowest BCUT2D eigenvalue weighted by molar-refractivity contribution is -0.124. The highest BCUT2D eigenvalue weighted by Gasteiger charge is 2.41. The molecule has 12 heteroatoms. The Morgan fingerprint density at radius 1 is 0.641 bits per heavy atom. The summed E-state index contributed by atoms with van der Waals surface area (Å²) in [5.74, 6) is 5.91. The maximum atomic E-state index is 14.1. The molecular formula is C66H90BrN3O7Si. The van der Waals surface area contributed by atoms with Crippen molar-refractivity contribution in [1.82, 2.24) is 4.98 Å². The van der Waals surface area contributed by atoms with E-state index in [1.807, 2.05) is 42.2 Å². The van der Waals surface area contributed by atoms with Crippen LogP contribution in [0.2, 0.25) is 18.1 Å². The van der Waals surface area contributed by atoms with Crippen molar-refractivity contribution in [2.24, 2.45) is 23.7 Å². The van der Waals surface area contributed by atoms with E-state index in [0.29, 0.717) is 60.2 Å². The van der Waals surface area contributed by atoms with Crippen molar-refractivity contribution in [1.29, 1.82) is 0 Å². The summed E-state index contributed by atoms with van der Waals surface area (Å²) in [4.78, 5) is 36.4. The second kappa shape index (κ2) is 26.7. The van der Waals surface area contributed by atoms with Gasteiger partial charge in [0.25, 0.3) is 0 Å². The number of rotatable bonds is 15. The van der Waals surface area contributed by atoms with Crippen LogP contribution >= 0.6 is 15.9 Å². The van der Waals surface area contributed by atoms with Crippen LogP contribution in [0.5, 0.6) is 11.5 Å². The van der Waals surface area contributed by atoms with Gasteiger partial charge < -0.3 is 33.2 Å². The number of hydrogen-bond acceptors (Lipinski definition) is 8. The molecule has 0 atom stereocenters. The molecule has 5 aromatic rings. The van der Waals surface area contributed by atoms with Gasteiger partial charge in [0, 0.05) is 59.4 Å². The molecule has 1 aromatic heterocycles. The molecule has 0 aliphatic heterocycles. The largest absolute Gasteiger partial charge is 0.496 e. The van der Waals surface area contributed by atoms with Crippen molar-refractivity contribution in [3.05, 3.63) is 124 Å². The number of methoxy groups -OCH3 is 2. The number of anilines is 2. The van der Waals surface area contributed by atoms with E-state index in [1.54, 1.807) is 20.4 Å². The van der Waals surface area contributed by atoms with Gasteiger partial charge in [0.1, 0.15) is 11.5 Å². The Hall–Kier alpha value is -4.75. The van der Waals surface area contributed by atoms with Gasteiger partial charge in [-0.05, 0) is 223 Å². The van der Waals surface area contributed by atoms with Crippen LogP contribution in [0.1, 0.15) is 163 Å². The highest BCUT2D eigenvalue weighted by molar-refractivity contribution is 9.10. The van der Waals surface area contributed by atoms with Crippen LogP contribution < -0.4 is 19.3 Å². The number of carbonyl (C=O) groups excluding carboxylic acids is 2. The third kappa shape index (κ3) is 15.2. The van der Waals surface area contributed by atoms with E-state index in [9.17, 15) is 14.7 Å². The molecule has 0 spiro atoms. The number of halogens is 1. The number of oxazole rings is 1. The second-order valence-corrected chi connectivity index (χ2v) is 30.6. The number of benzene rings is 4. The summed E-state index contributed by atoms with van der Waals surface area (Å²) in [7, 11) is 1.66. The molecule has 1 heterocycles. The maximum Gasteiger partial charge on any atom is 0.230 e. The number of carbonyl (C=O) groups is 2. The minimum Gasteiger partial charge on any atom is -0.496 e. The van der Waals surface area contributed by atoms with Gasteiger partial charge in [-0.25, -0.2) is 4.98 Å². The first-order valence-electron chi connectivity index (χ1n) is 29.3. The Balaban J connectivity index is 0.000000206. The Bertz CT molecular complexity index is 2760. The Labute approximate surface area is 476 Å². The predicted octanol–water partition coefficient (Wildman–Crippen LogP) is 16.5. The zero-order valence-corrected chi connectivity index (χ0v) is 51.2. The van der Waals surface area contributed by atoms with Crippen molar-refractivity contribution in [2.45, 2.75) is 186 Å². The number of aromatic nitrogens is 1. The molecule has 0 bridgehead atoms. The summed E-state index contributed by atoms with van der Waals surface area (Å²) in [6.07, 6.45) is 17.6. The minimum absolute atomic E-state index is 0.0341. The third-order valence-electron chi connectivity index (χ3n) is 18.4. The van der Waals surface area contributed by atoms with E-state index in [0.717, 1.165) is 123 Å². The Kier molecular flexibility index (Phi) is 20.3. The van der Waals surface area contributed by atoms with E-state index >= 15 is 0 Å². The number of hydrogen-bond donors (Lipinski definition) is 1. The molecule has 4 aliphatic rings.